The minimum atomic E-state index is -3.56. The monoisotopic (exact) mass is 392 g/mol. The van der Waals surface area contributed by atoms with Crippen molar-refractivity contribution in [3.8, 4) is 0 Å². The van der Waals surface area contributed by atoms with Gasteiger partial charge >= 0.3 is 0 Å². The number of imidazole rings is 1. The Kier molecular flexibility index (Phi) is 5.55. The van der Waals surface area contributed by atoms with Gasteiger partial charge in [0.05, 0.1) is 10.3 Å². The summed E-state index contributed by atoms with van der Waals surface area (Å²) >= 11 is 4.75. The van der Waals surface area contributed by atoms with Crippen LogP contribution >= 0.6 is 27.3 Å². The van der Waals surface area contributed by atoms with Crippen LogP contribution in [0.5, 0.6) is 0 Å². The number of thiophene rings is 1. The maximum atomic E-state index is 12.4. The number of hydrogen-bond acceptors (Lipinski definition) is 5. The molecule has 6 nitrogen and oxygen atoms in total. The highest BCUT2D eigenvalue weighted by Gasteiger charge is 2.21. The molecule has 0 aliphatic rings. The fourth-order valence-electron chi connectivity index (χ4n) is 1.72. The second kappa shape index (κ2) is 7.01. The zero-order valence-corrected chi connectivity index (χ0v) is 15.0. The molecule has 2 rings (SSSR count). The van der Waals surface area contributed by atoms with E-state index >= 15 is 0 Å². The number of rotatable bonds is 7. The fourth-order valence-corrected chi connectivity index (χ4v) is 5.35. The highest BCUT2D eigenvalue weighted by atomic mass is 79.9. The van der Waals surface area contributed by atoms with Gasteiger partial charge in [-0.3, -0.25) is 0 Å². The van der Waals surface area contributed by atoms with Crippen molar-refractivity contribution in [1.29, 1.82) is 0 Å². The molecule has 2 heterocycles. The predicted octanol–water partition coefficient (Wildman–Crippen LogP) is 1.83. The molecule has 116 valence electrons. The van der Waals surface area contributed by atoms with Crippen LogP contribution in [0.2, 0.25) is 0 Å². The van der Waals surface area contributed by atoms with Crippen molar-refractivity contribution in [3.63, 3.8) is 0 Å². The zero-order valence-electron chi connectivity index (χ0n) is 11.8. The minimum Gasteiger partial charge on any atom is -0.337 e. The number of nitrogens with one attached hydrogen (secondary N) is 2. The largest absolute Gasteiger partial charge is 0.337 e. The molecule has 0 aliphatic heterocycles. The molecule has 0 atom stereocenters. The van der Waals surface area contributed by atoms with Gasteiger partial charge in [-0.25, -0.2) is 18.1 Å². The van der Waals surface area contributed by atoms with Gasteiger partial charge in [-0.1, -0.05) is 6.92 Å². The summed E-state index contributed by atoms with van der Waals surface area (Å²) in [6.45, 7) is 3.68. The first-order valence-electron chi connectivity index (χ1n) is 6.39. The third kappa shape index (κ3) is 4.13. The Labute approximate surface area is 136 Å². The first-order chi connectivity index (χ1) is 9.94. The van der Waals surface area contributed by atoms with Crippen molar-refractivity contribution in [3.05, 3.63) is 32.9 Å². The van der Waals surface area contributed by atoms with Gasteiger partial charge < -0.3 is 9.88 Å². The molecule has 0 bridgehead atoms. The summed E-state index contributed by atoms with van der Waals surface area (Å²) in [5, 5.41) is 3.18. The smallest absolute Gasteiger partial charge is 0.242 e. The fraction of sp³-hybridized carbons (Fsp3) is 0.417. The number of nitrogens with zero attached hydrogens (tertiary/aromatic N) is 2. The SMILES string of the molecule is CCNCc1cc(S(=O)(=O)NCc2nccn2C)c(Br)s1. The summed E-state index contributed by atoms with van der Waals surface area (Å²) < 4.78 is 29.7. The molecular weight excluding hydrogens is 376 g/mol. The van der Waals surface area contributed by atoms with Crippen LogP contribution in [0.1, 0.15) is 17.6 Å². The molecule has 2 aromatic rings. The number of halogens is 1. The van der Waals surface area contributed by atoms with Crippen LogP contribution < -0.4 is 10.0 Å². The molecule has 0 aromatic carbocycles. The lowest BCUT2D eigenvalue weighted by molar-refractivity contribution is 0.577. The Morgan fingerprint density at radius 2 is 2.19 bits per heavy atom. The summed E-state index contributed by atoms with van der Waals surface area (Å²) in [5.74, 6) is 0.665. The molecule has 0 aliphatic carbocycles. The standard InChI is InChI=1S/C12H17BrN4O2S2/c1-3-14-7-9-6-10(12(13)20-9)21(18,19)16-8-11-15-4-5-17(11)2/h4-6,14,16H,3,7-8H2,1-2H3. The quantitative estimate of drug-likeness (QED) is 0.753. The molecule has 9 heteroatoms. The van der Waals surface area contributed by atoms with E-state index in [-0.39, 0.29) is 11.4 Å². The van der Waals surface area contributed by atoms with Gasteiger partial charge in [-0.15, -0.1) is 11.3 Å². The highest BCUT2D eigenvalue weighted by Crippen LogP contribution is 2.31. The Morgan fingerprint density at radius 3 is 2.81 bits per heavy atom. The zero-order chi connectivity index (χ0) is 15.5. The van der Waals surface area contributed by atoms with Gasteiger partial charge in [0.2, 0.25) is 10.0 Å². The van der Waals surface area contributed by atoms with Gasteiger partial charge in [-0.2, -0.15) is 0 Å². The van der Waals surface area contributed by atoms with Gasteiger partial charge in [0.1, 0.15) is 10.7 Å². The number of hydrogen-bond donors (Lipinski definition) is 2. The molecule has 0 unspecified atom stereocenters. The molecule has 0 saturated carbocycles. The lowest BCUT2D eigenvalue weighted by Crippen LogP contribution is -2.24. The number of aryl methyl sites for hydroxylation is 1. The summed E-state index contributed by atoms with van der Waals surface area (Å²) in [4.78, 5) is 5.34. The second-order valence-corrected chi connectivity index (χ2v) is 8.60. The van der Waals surface area contributed by atoms with E-state index in [1.165, 1.54) is 11.3 Å². The predicted molar refractivity (Wildman–Crippen MR) is 86.6 cm³/mol. The van der Waals surface area contributed by atoms with Crippen molar-refractivity contribution in [2.75, 3.05) is 6.54 Å². The molecule has 21 heavy (non-hydrogen) atoms. The van der Waals surface area contributed by atoms with Crippen molar-refractivity contribution in [2.45, 2.75) is 24.9 Å². The Hall–Kier alpha value is -0.740. The van der Waals surface area contributed by atoms with Crippen LogP contribution in [-0.2, 0) is 30.2 Å². The van der Waals surface area contributed by atoms with Crippen LogP contribution in [0.3, 0.4) is 0 Å². The summed E-state index contributed by atoms with van der Waals surface area (Å²) in [6, 6.07) is 1.69. The molecule has 2 aromatic heterocycles. The molecule has 0 amide bonds. The minimum absolute atomic E-state index is 0.163. The highest BCUT2D eigenvalue weighted by molar-refractivity contribution is 9.11. The first-order valence-corrected chi connectivity index (χ1v) is 9.48. The molecule has 0 saturated heterocycles. The summed E-state index contributed by atoms with van der Waals surface area (Å²) in [6.07, 6.45) is 3.41. The van der Waals surface area contributed by atoms with Crippen molar-refractivity contribution < 1.29 is 8.42 Å². The average Bonchev–Trinajstić information content (AvgIpc) is 3.00. The third-order valence-corrected chi connectivity index (χ3v) is 6.54. The van der Waals surface area contributed by atoms with Gasteiger partial charge in [0.25, 0.3) is 0 Å². The number of aromatic nitrogens is 2. The van der Waals surface area contributed by atoms with Crippen LogP contribution in [0.25, 0.3) is 0 Å². The van der Waals surface area contributed by atoms with E-state index in [0.717, 1.165) is 11.4 Å². The van der Waals surface area contributed by atoms with Gasteiger partial charge in [0, 0.05) is 30.9 Å². The lowest BCUT2D eigenvalue weighted by atomic mass is 10.4. The maximum Gasteiger partial charge on any atom is 0.242 e. The third-order valence-electron chi connectivity index (χ3n) is 2.89. The average molecular weight is 393 g/mol. The first kappa shape index (κ1) is 16.6. The van der Waals surface area contributed by atoms with Crippen LogP contribution in [-0.4, -0.2) is 24.5 Å². The molecule has 0 fully saturated rings. The van der Waals surface area contributed by atoms with Gasteiger partial charge in [0.15, 0.2) is 0 Å². The Morgan fingerprint density at radius 1 is 1.43 bits per heavy atom. The van der Waals surface area contributed by atoms with E-state index in [0.29, 0.717) is 16.2 Å². The topological polar surface area (TPSA) is 76.0 Å². The molecular formula is C12H17BrN4O2S2. The summed E-state index contributed by atoms with van der Waals surface area (Å²) in [7, 11) is -1.73. The van der Waals surface area contributed by atoms with E-state index in [4.69, 9.17) is 0 Å². The molecule has 0 radical (unpaired) electrons. The van der Waals surface area contributed by atoms with E-state index in [9.17, 15) is 8.42 Å². The van der Waals surface area contributed by atoms with Gasteiger partial charge in [-0.05, 0) is 28.5 Å². The van der Waals surface area contributed by atoms with Crippen molar-refractivity contribution in [1.82, 2.24) is 19.6 Å². The maximum absolute atomic E-state index is 12.4. The van der Waals surface area contributed by atoms with Crippen LogP contribution in [0.15, 0.2) is 27.1 Å². The van der Waals surface area contributed by atoms with E-state index < -0.39 is 10.0 Å². The Balaban J connectivity index is 2.12. The van der Waals surface area contributed by atoms with Crippen molar-refractivity contribution >= 4 is 37.3 Å². The summed E-state index contributed by atoms with van der Waals surface area (Å²) in [5.41, 5.74) is 0. The number of sulfonamides is 1. The second-order valence-electron chi connectivity index (χ2n) is 4.41. The van der Waals surface area contributed by atoms with Crippen molar-refractivity contribution in [2.24, 2.45) is 7.05 Å². The molecule has 2 N–H and O–H groups in total. The lowest BCUT2D eigenvalue weighted by Gasteiger charge is -2.05. The Bertz CT molecular complexity index is 709. The normalized spacial score (nSPS) is 12.0. The van der Waals surface area contributed by atoms with Crippen LogP contribution in [0.4, 0.5) is 0 Å². The molecule has 0 spiro atoms. The van der Waals surface area contributed by atoms with Crippen LogP contribution in [0, 0.1) is 0 Å². The van der Waals surface area contributed by atoms with E-state index in [2.05, 4.69) is 31.0 Å². The van der Waals surface area contributed by atoms with E-state index in [1.54, 1.807) is 23.0 Å². The van der Waals surface area contributed by atoms with E-state index in [1.807, 2.05) is 14.0 Å².